The zero-order valence-corrected chi connectivity index (χ0v) is 14.3. The van der Waals surface area contributed by atoms with Gasteiger partial charge in [-0.3, -0.25) is 29.4 Å². The molecular formula is C16H11N3O7S. The van der Waals surface area contributed by atoms with Crippen LogP contribution in [0.1, 0.15) is 5.76 Å². The number of furan rings is 1. The number of phenols is 1. The molecule has 0 bridgehead atoms. The van der Waals surface area contributed by atoms with E-state index in [0.29, 0.717) is 17.5 Å². The van der Waals surface area contributed by atoms with Crippen molar-refractivity contribution >= 4 is 46.3 Å². The first-order valence-electron chi connectivity index (χ1n) is 7.41. The lowest BCUT2D eigenvalue weighted by atomic mass is 10.2. The highest BCUT2D eigenvalue weighted by atomic mass is 32.2. The Kier molecular flexibility index (Phi) is 4.94. The number of imide groups is 1. The van der Waals surface area contributed by atoms with E-state index < -0.39 is 28.5 Å². The standard InChI is InChI=1S/C16H11N3O7S/c20-12-4-3-9(19(24)25)6-11(12)17-14(21)8-18-15(22)13(27-16(18)23)7-10-2-1-5-26-10/h1-7,20H,8H2,(H,17,21)/b13-7-. The van der Waals surface area contributed by atoms with Gasteiger partial charge in [-0.25, -0.2) is 0 Å². The van der Waals surface area contributed by atoms with Crippen molar-refractivity contribution < 1.29 is 28.8 Å². The molecule has 1 fully saturated rings. The molecule has 1 saturated heterocycles. The van der Waals surface area contributed by atoms with Gasteiger partial charge in [-0.1, -0.05) is 0 Å². The Balaban J connectivity index is 1.71. The predicted octanol–water partition coefficient (Wildman–Crippen LogP) is 2.57. The number of aromatic hydroxyl groups is 1. The first-order chi connectivity index (χ1) is 12.8. The Morgan fingerprint density at radius 3 is 2.81 bits per heavy atom. The minimum atomic E-state index is -0.799. The third-order valence-electron chi connectivity index (χ3n) is 3.46. The maximum atomic E-state index is 12.3. The van der Waals surface area contributed by atoms with Gasteiger partial charge < -0.3 is 14.8 Å². The van der Waals surface area contributed by atoms with Crippen LogP contribution in [0.5, 0.6) is 5.75 Å². The number of nitrogens with one attached hydrogen (secondary N) is 1. The number of amides is 3. The van der Waals surface area contributed by atoms with Crippen LogP contribution in [0.3, 0.4) is 0 Å². The lowest BCUT2D eigenvalue weighted by Crippen LogP contribution is -2.36. The summed E-state index contributed by atoms with van der Waals surface area (Å²) in [5.41, 5.74) is -0.539. The van der Waals surface area contributed by atoms with E-state index >= 15 is 0 Å². The first kappa shape index (κ1) is 18.2. The van der Waals surface area contributed by atoms with Crippen LogP contribution in [0.4, 0.5) is 16.2 Å². The zero-order chi connectivity index (χ0) is 19.6. The smallest absolute Gasteiger partial charge is 0.294 e. The number of phenolic OH excluding ortho intramolecular Hbond substituents is 1. The van der Waals surface area contributed by atoms with Crippen LogP contribution < -0.4 is 5.32 Å². The van der Waals surface area contributed by atoms with E-state index in [1.54, 1.807) is 12.1 Å². The summed E-state index contributed by atoms with van der Waals surface area (Å²) in [6.07, 6.45) is 2.80. The van der Waals surface area contributed by atoms with E-state index in [4.69, 9.17) is 4.42 Å². The zero-order valence-electron chi connectivity index (χ0n) is 13.4. The highest BCUT2D eigenvalue weighted by Crippen LogP contribution is 2.32. The Labute approximate surface area is 155 Å². The molecule has 1 aromatic heterocycles. The summed E-state index contributed by atoms with van der Waals surface area (Å²) in [6.45, 7) is -0.609. The number of benzene rings is 1. The molecule has 2 aromatic rings. The van der Waals surface area contributed by atoms with Gasteiger partial charge in [-0.05, 0) is 30.0 Å². The van der Waals surface area contributed by atoms with Gasteiger partial charge in [-0.2, -0.15) is 0 Å². The number of nitro groups is 1. The van der Waals surface area contributed by atoms with Crippen LogP contribution >= 0.6 is 11.8 Å². The van der Waals surface area contributed by atoms with Gasteiger partial charge in [0.2, 0.25) is 5.91 Å². The van der Waals surface area contributed by atoms with E-state index in [9.17, 15) is 29.6 Å². The Bertz CT molecular complexity index is 968. The molecule has 0 spiro atoms. The maximum absolute atomic E-state index is 12.3. The Morgan fingerprint density at radius 1 is 1.37 bits per heavy atom. The summed E-state index contributed by atoms with van der Waals surface area (Å²) in [6, 6.07) is 6.32. The van der Waals surface area contributed by atoms with Gasteiger partial charge >= 0.3 is 0 Å². The van der Waals surface area contributed by atoms with Crippen LogP contribution in [0.15, 0.2) is 45.9 Å². The normalized spacial score (nSPS) is 15.4. The number of rotatable bonds is 5. The fraction of sp³-hybridized carbons (Fsp3) is 0.0625. The molecule has 1 aliphatic heterocycles. The monoisotopic (exact) mass is 389 g/mol. The van der Waals surface area contributed by atoms with Gasteiger partial charge in [0.15, 0.2) is 0 Å². The van der Waals surface area contributed by atoms with E-state index in [2.05, 4.69) is 5.32 Å². The van der Waals surface area contributed by atoms with Gasteiger partial charge in [0.25, 0.3) is 16.8 Å². The summed E-state index contributed by atoms with van der Waals surface area (Å²) in [5.74, 6) is -1.47. The molecular weight excluding hydrogens is 378 g/mol. The number of hydrogen-bond acceptors (Lipinski definition) is 8. The number of carbonyl (C=O) groups is 3. The van der Waals surface area contributed by atoms with E-state index in [0.717, 1.165) is 23.1 Å². The molecule has 0 aliphatic carbocycles. The Hall–Kier alpha value is -3.60. The van der Waals surface area contributed by atoms with Crippen molar-refractivity contribution in [2.75, 3.05) is 11.9 Å². The highest BCUT2D eigenvalue weighted by Gasteiger charge is 2.36. The van der Waals surface area contributed by atoms with E-state index in [1.807, 2.05) is 0 Å². The summed E-state index contributed by atoms with van der Waals surface area (Å²) in [4.78, 5) is 47.3. The second kappa shape index (κ2) is 7.33. The van der Waals surface area contributed by atoms with Crippen LogP contribution in [0.2, 0.25) is 0 Å². The molecule has 2 heterocycles. The number of carbonyl (C=O) groups excluding carboxylic acids is 3. The van der Waals surface area contributed by atoms with E-state index in [-0.39, 0.29) is 22.0 Å². The summed E-state index contributed by atoms with van der Waals surface area (Å²) in [7, 11) is 0. The second-order valence-electron chi connectivity index (χ2n) is 5.29. The molecule has 11 heteroatoms. The molecule has 1 aromatic carbocycles. The summed E-state index contributed by atoms with van der Waals surface area (Å²) < 4.78 is 5.08. The number of thioether (sulfide) groups is 1. The largest absolute Gasteiger partial charge is 0.506 e. The third-order valence-corrected chi connectivity index (χ3v) is 4.36. The second-order valence-corrected chi connectivity index (χ2v) is 6.28. The number of nitrogens with zero attached hydrogens (tertiary/aromatic N) is 2. The van der Waals surface area contributed by atoms with Gasteiger partial charge in [0.1, 0.15) is 18.1 Å². The van der Waals surface area contributed by atoms with Gasteiger partial charge in [0, 0.05) is 18.2 Å². The molecule has 0 unspecified atom stereocenters. The molecule has 1 aliphatic rings. The average molecular weight is 389 g/mol. The van der Waals surface area contributed by atoms with Crippen molar-refractivity contribution in [1.82, 2.24) is 4.90 Å². The molecule has 2 N–H and O–H groups in total. The number of anilines is 1. The summed E-state index contributed by atoms with van der Waals surface area (Å²) in [5, 5.41) is 22.1. The lowest BCUT2D eigenvalue weighted by Gasteiger charge is -2.13. The topological polar surface area (TPSA) is 143 Å². The quantitative estimate of drug-likeness (QED) is 0.344. The van der Waals surface area contributed by atoms with Gasteiger partial charge in [-0.15, -0.1) is 0 Å². The van der Waals surface area contributed by atoms with Crippen LogP contribution in [0, 0.1) is 10.1 Å². The van der Waals surface area contributed by atoms with Crippen molar-refractivity contribution in [1.29, 1.82) is 0 Å². The predicted molar refractivity (Wildman–Crippen MR) is 94.8 cm³/mol. The minimum absolute atomic E-state index is 0.0981. The molecule has 3 rings (SSSR count). The molecule has 0 radical (unpaired) electrons. The van der Waals surface area contributed by atoms with Crippen LogP contribution in [-0.4, -0.2) is 38.5 Å². The molecule has 0 saturated carbocycles. The molecule has 27 heavy (non-hydrogen) atoms. The number of nitro benzene ring substituents is 1. The number of hydrogen-bond donors (Lipinski definition) is 2. The average Bonchev–Trinajstić information content (AvgIpc) is 3.21. The van der Waals surface area contributed by atoms with Crippen LogP contribution in [0.25, 0.3) is 6.08 Å². The lowest BCUT2D eigenvalue weighted by molar-refractivity contribution is -0.384. The van der Waals surface area contributed by atoms with Gasteiger partial charge in [0.05, 0.1) is 21.8 Å². The molecule has 3 amide bonds. The summed E-state index contributed by atoms with van der Waals surface area (Å²) >= 11 is 0.658. The molecule has 0 atom stereocenters. The highest BCUT2D eigenvalue weighted by molar-refractivity contribution is 8.18. The Morgan fingerprint density at radius 2 is 2.15 bits per heavy atom. The first-order valence-corrected chi connectivity index (χ1v) is 8.23. The third kappa shape index (κ3) is 3.98. The SMILES string of the molecule is O=C(CN1C(=O)S/C(=C\c2ccco2)C1=O)Nc1cc([N+](=O)[O-])ccc1O. The maximum Gasteiger partial charge on any atom is 0.294 e. The van der Waals surface area contributed by atoms with Crippen molar-refractivity contribution in [3.05, 3.63) is 57.4 Å². The minimum Gasteiger partial charge on any atom is -0.506 e. The van der Waals surface area contributed by atoms with E-state index in [1.165, 1.54) is 12.3 Å². The number of non-ortho nitro benzene ring substituents is 1. The fourth-order valence-electron chi connectivity index (χ4n) is 2.21. The fourth-order valence-corrected chi connectivity index (χ4v) is 3.03. The van der Waals surface area contributed by atoms with Crippen molar-refractivity contribution in [2.24, 2.45) is 0 Å². The van der Waals surface area contributed by atoms with Crippen molar-refractivity contribution in [2.45, 2.75) is 0 Å². The molecule has 10 nitrogen and oxygen atoms in total. The van der Waals surface area contributed by atoms with Crippen LogP contribution in [-0.2, 0) is 9.59 Å². The van der Waals surface area contributed by atoms with Crippen molar-refractivity contribution in [3.63, 3.8) is 0 Å². The van der Waals surface area contributed by atoms with Crippen molar-refractivity contribution in [3.8, 4) is 5.75 Å². The molecule has 138 valence electrons.